The monoisotopic (exact) mass is 181 g/mol. The zero-order valence-electron chi connectivity index (χ0n) is 6.44. The maximum absolute atomic E-state index is 5.29. The van der Waals surface area contributed by atoms with Crippen molar-refractivity contribution in [3.05, 3.63) is 17.0 Å². The van der Waals surface area contributed by atoms with Gasteiger partial charge in [0.05, 0.1) is 4.88 Å². The fraction of sp³-hybridized carbons (Fsp3) is 0.143. The molecule has 0 aromatic carbocycles. The van der Waals surface area contributed by atoms with Crippen molar-refractivity contribution in [2.75, 3.05) is 5.73 Å². The number of hydrogen-bond donors (Lipinski definition) is 1. The highest BCUT2D eigenvalue weighted by molar-refractivity contribution is 7.15. The Hall–Kier alpha value is -1.36. The molecule has 62 valence electrons. The first kappa shape index (κ1) is 7.30. The first-order valence-corrected chi connectivity index (χ1v) is 4.23. The van der Waals surface area contributed by atoms with Crippen LogP contribution >= 0.6 is 11.3 Å². The van der Waals surface area contributed by atoms with Crippen LogP contribution < -0.4 is 5.73 Å². The standard InChI is InChI=1S/C7H7N3OS/c1-4-2-3-5(12-4)6-9-10-7(8)11-6/h2-3H,1H3,(H2,8,10). The molecule has 2 aromatic heterocycles. The minimum Gasteiger partial charge on any atom is -0.403 e. The Kier molecular flexibility index (Phi) is 1.58. The van der Waals surface area contributed by atoms with Gasteiger partial charge in [-0.05, 0) is 19.1 Å². The number of aryl methyl sites for hydroxylation is 1. The predicted molar refractivity (Wildman–Crippen MR) is 46.8 cm³/mol. The van der Waals surface area contributed by atoms with Gasteiger partial charge in [0.25, 0.3) is 5.89 Å². The van der Waals surface area contributed by atoms with Crippen molar-refractivity contribution in [3.8, 4) is 10.8 Å². The molecule has 0 radical (unpaired) electrons. The van der Waals surface area contributed by atoms with Gasteiger partial charge in [0, 0.05) is 4.88 Å². The Labute approximate surface area is 73.0 Å². The Bertz CT molecular complexity index is 355. The van der Waals surface area contributed by atoms with Gasteiger partial charge >= 0.3 is 6.01 Å². The molecule has 0 atom stereocenters. The van der Waals surface area contributed by atoms with Gasteiger partial charge in [0.2, 0.25) is 0 Å². The predicted octanol–water partition coefficient (Wildman–Crippen LogP) is 1.69. The van der Waals surface area contributed by atoms with Crippen molar-refractivity contribution in [1.82, 2.24) is 10.2 Å². The highest BCUT2D eigenvalue weighted by Gasteiger charge is 2.07. The number of nitrogen functional groups attached to an aromatic ring is 1. The largest absolute Gasteiger partial charge is 0.403 e. The lowest BCUT2D eigenvalue weighted by atomic mass is 10.4. The van der Waals surface area contributed by atoms with Crippen molar-refractivity contribution in [2.24, 2.45) is 0 Å². The topological polar surface area (TPSA) is 64.9 Å². The van der Waals surface area contributed by atoms with Crippen LogP contribution in [0.15, 0.2) is 16.5 Å². The summed E-state index contributed by atoms with van der Waals surface area (Å²) >= 11 is 1.60. The summed E-state index contributed by atoms with van der Waals surface area (Å²) in [5.74, 6) is 0.491. The van der Waals surface area contributed by atoms with Crippen molar-refractivity contribution in [3.63, 3.8) is 0 Å². The first-order chi connectivity index (χ1) is 5.75. The normalized spacial score (nSPS) is 10.4. The molecule has 0 amide bonds. The first-order valence-electron chi connectivity index (χ1n) is 3.41. The summed E-state index contributed by atoms with van der Waals surface area (Å²) < 4.78 is 5.05. The molecule has 0 aliphatic rings. The second kappa shape index (κ2) is 2.60. The Morgan fingerprint density at radius 2 is 2.25 bits per heavy atom. The van der Waals surface area contributed by atoms with E-state index in [0.717, 1.165) is 4.88 Å². The molecule has 0 spiro atoms. The third-order valence-corrected chi connectivity index (χ3v) is 2.38. The van der Waals surface area contributed by atoms with E-state index in [1.54, 1.807) is 11.3 Å². The van der Waals surface area contributed by atoms with E-state index in [0.29, 0.717) is 5.89 Å². The van der Waals surface area contributed by atoms with Crippen molar-refractivity contribution >= 4 is 17.4 Å². The number of anilines is 1. The van der Waals surface area contributed by atoms with Gasteiger partial charge in [0.15, 0.2) is 0 Å². The van der Waals surface area contributed by atoms with Crippen LogP contribution in [0.4, 0.5) is 6.01 Å². The number of thiophene rings is 1. The SMILES string of the molecule is Cc1ccc(-c2nnc(N)o2)s1. The fourth-order valence-corrected chi connectivity index (χ4v) is 1.67. The smallest absolute Gasteiger partial charge is 0.313 e. The molecular formula is C7H7N3OS. The van der Waals surface area contributed by atoms with E-state index in [4.69, 9.17) is 10.2 Å². The molecule has 0 aliphatic carbocycles. The highest BCUT2D eigenvalue weighted by atomic mass is 32.1. The fourth-order valence-electron chi connectivity index (χ4n) is 0.884. The lowest BCUT2D eigenvalue weighted by molar-refractivity contribution is 0.592. The molecule has 2 rings (SSSR count). The third-order valence-electron chi connectivity index (χ3n) is 1.39. The van der Waals surface area contributed by atoms with Gasteiger partial charge in [-0.2, -0.15) is 0 Å². The van der Waals surface area contributed by atoms with E-state index in [1.807, 2.05) is 19.1 Å². The zero-order valence-corrected chi connectivity index (χ0v) is 7.26. The molecule has 0 fully saturated rings. The zero-order chi connectivity index (χ0) is 8.55. The molecule has 0 aliphatic heterocycles. The average molecular weight is 181 g/mol. The maximum atomic E-state index is 5.29. The summed E-state index contributed by atoms with van der Waals surface area (Å²) in [4.78, 5) is 2.17. The Morgan fingerprint density at radius 3 is 2.75 bits per heavy atom. The van der Waals surface area contributed by atoms with Gasteiger partial charge in [-0.25, -0.2) is 0 Å². The van der Waals surface area contributed by atoms with Crippen LogP contribution in [-0.2, 0) is 0 Å². The lowest BCUT2D eigenvalue weighted by Crippen LogP contribution is -1.81. The van der Waals surface area contributed by atoms with Crippen LogP contribution in [0.1, 0.15) is 4.88 Å². The molecule has 0 saturated heterocycles. The Balaban J connectivity index is 2.43. The van der Waals surface area contributed by atoms with Crippen LogP contribution in [0.25, 0.3) is 10.8 Å². The number of aromatic nitrogens is 2. The van der Waals surface area contributed by atoms with Gasteiger partial charge in [0.1, 0.15) is 0 Å². The second-order valence-electron chi connectivity index (χ2n) is 2.36. The second-order valence-corrected chi connectivity index (χ2v) is 3.64. The van der Waals surface area contributed by atoms with Crippen molar-refractivity contribution in [1.29, 1.82) is 0 Å². The van der Waals surface area contributed by atoms with Gasteiger partial charge in [-0.3, -0.25) is 0 Å². The van der Waals surface area contributed by atoms with Gasteiger partial charge < -0.3 is 10.2 Å². The van der Waals surface area contributed by atoms with E-state index in [-0.39, 0.29) is 6.01 Å². The summed E-state index contributed by atoms with van der Waals surface area (Å²) in [5, 5.41) is 7.34. The molecule has 12 heavy (non-hydrogen) atoms. The lowest BCUT2D eigenvalue weighted by Gasteiger charge is -1.83. The molecule has 2 N–H and O–H groups in total. The van der Waals surface area contributed by atoms with Crippen LogP contribution in [-0.4, -0.2) is 10.2 Å². The molecule has 4 nitrogen and oxygen atoms in total. The van der Waals surface area contributed by atoms with Crippen molar-refractivity contribution < 1.29 is 4.42 Å². The number of hydrogen-bond acceptors (Lipinski definition) is 5. The highest BCUT2D eigenvalue weighted by Crippen LogP contribution is 2.26. The summed E-state index contributed by atoms with van der Waals surface area (Å²) in [6.45, 7) is 2.02. The molecule has 0 unspecified atom stereocenters. The van der Waals surface area contributed by atoms with E-state index in [2.05, 4.69) is 10.2 Å². The minimum atomic E-state index is 0.107. The van der Waals surface area contributed by atoms with E-state index >= 15 is 0 Å². The third kappa shape index (κ3) is 1.18. The summed E-state index contributed by atoms with van der Waals surface area (Å²) in [6, 6.07) is 4.05. The number of rotatable bonds is 1. The molecule has 5 heteroatoms. The average Bonchev–Trinajstić information content (AvgIpc) is 2.58. The van der Waals surface area contributed by atoms with Crippen LogP contribution in [0.2, 0.25) is 0 Å². The quantitative estimate of drug-likeness (QED) is 0.727. The van der Waals surface area contributed by atoms with Crippen LogP contribution in [0.5, 0.6) is 0 Å². The van der Waals surface area contributed by atoms with Crippen molar-refractivity contribution in [2.45, 2.75) is 6.92 Å². The minimum absolute atomic E-state index is 0.107. The van der Waals surface area contributed by atoms with E-state index in [1.165, 1.54) is 4.88 Å². The van der Waals surface area contributed by atoms with E-state index < -0.39 is 0 Å². The molecular weight excluding hydrogens is 174 g/mol. The van der Waals surface area contributed by atoms with Gasteiger partial charge in [-0.15, -0.1) is 16.4 Å². The molecule has 2 aromatic rings. The maximum Gasteiger partial charge on any atom is 0.313 e. The van der Waals surface area contributed by atoms with Crippen LogP contribution in [0, 0.1) is 6.92 Å². The molecule has 0 bridgehead atoms. The molecule has 2 heterocycles. The number of nitrogens with zero attached hydrogens (tertiary/aromatic N) is 2. The summed E-state index contributed by atoms with van der Waals surface area (Å²) in [5.41, 5.74) is 5.29. The van der Waals surface area contributed by atoms with Gasteiger partial charge in [-0.1, -0.05) is 5.10 Å². The molecule has 0 saturated carbocycles. The Morgan fingerprint density at radius 1 is 1.42 bits per heavy atom. The summed E-state index contributed by atoms with van der Waals surface area (Å²) in [6.07, 6.45) is 0. The summed E-state index contributed by atoms with van der Waals surface area (Å²) in [7, 11) is 0. The number of nitrogens with two attached hydrogens (primary N) is 1. The van der Waals surface area contributed by atoms with E-state index in [9.17, 15) is 0 Å². The van der Waals surface area contributed by atoms with Crippen LogP contribution in [0.3, 0.4) is 0 Å².